The third-order valence-corrected chi connectivity index (χ3v) is 6.23. The van der Waals surface area contributed by atoms with Crippen molar-refractivity contribution in [1.29, 1.82) is 0 Å². The van der Waals surface area contributed by atoms with E-state index in [-0.39, 0.29) is 29.5 Å². The van der Waals surface area contributed by atoms with Crippen molar-refractivity contribution in [1.82, 2.24) is 14.9 Å². The van der Waals surface area contributed by atoms with Gasteiger partial charge in [0.2, 0.25) is 5.95 Å². The molecular weight excluding hydrogens is 437 g/mol. The zero-order valence-corrected chi connectivity index (χ0v) is 19.3. The highest BCUT2D eigenvalue weighted by Gasteiger charge is 2.26. The summed E-state index contributed by atoms with van der Waals surface area (Å²) in [6, 6.07) is 7.50. The van der Waals surface area contributed by atoms with Gasteiger partial charge in [-0.1, -0.05) is 19.1 Å². The molecule has 1 aromatic heterocycles. The van der Waals surface area contributed by atoms with Gasteiger partial charge in [-0.05, 0) is 37.5 Å². The highest BCUT2D eigenvalue weighted by atomic mass is 19.1. The second kappa shape index (κ2) is 11.9. The molecule has 0 amide bonds. The van der Waals surface area contributed by atoms with Crippen molar-refractivity contribution < 1.29 is 18.7 Å². The molecule has 4 rings (SSSR count). The normalized spacial score (nSPS) is 21.0. The van der Waals surface area contributed by atoms with E-state index in [0.717, 1.165) is 69.7 Å². The Morgan fingerprint density at radius 2 is 2.18 bits per heavy atom. The number of hydrogen-bond donors (Lipinski definition) is 2. The first-order chi connectivity index (χ1) is 16.6. The number of aromatic nitrogens is 2. The van der Waals surface area contributed by atoms with Crippen molar-refractivity contribution >= 4 is 23.2 Å². The molecule has 0 radical (unpaired) electrons. The molecule has 2 heterocycles. The zero-order chi connectivity index (χ0) is 23.8. The fourth-order valence-electron chi connectivity index (χ4n) is 4.38. The fraction of sp³-hybridized carbons (Fsp3) is 0.480. The van der Waals surface area contributed by atoms with Crippen molar-refractivity contribution in [3.05, 3.63) is 48.9 Å². The fourth-order valence-corrected chi connectivity index (χ4v) is 4.38. The van der Waals surface area contributed by atoms with E-state index < -0.39 is 5.82 Å². The Hall–Kier alpha value is -3.04. The van der Waals surface area contributed by atoms with E-state index in [9.17, 15) is 9.18 Å². The van der Waals surface area contributed by atoms with E-state index >= 15 is 0 Å². The standard InChI is InChI=1S/C25H32FN5O3/c1-2-23(32)18-5-3-6-19(15-18)28-24-22(26)17-27-25(30-24)29-20-7-4-8-21(16-20)34-14-11-31-9-12-33-13-10-31/h2,4,7-8,16-19H,1,3,5-6,9-15H2,(H2,27,28,29,30)/t18?,19-/m1/s1. The molecule has 2 aliphatic rings. The summed E-state index contributed by atoms with van der Waals surface area (Å²) in [5.41, 5.74) is 0.746. The second-order valence-electron chi connectivity index (χ2n) is 8.66. The predicted octanol–water partition coefficient (Wildman–Crippen LogP) is 3.80. The number of ketones is 1. The van der Waals surface area contributed by atoms with Gasteiger partial charge in [0.15, 0.2) is 17.4 Å². The van der Waals surface area contributed by atoms with Gasteiger partial charge >= 0.3 is 0 Å². The Morgan fingerprint density at radius 1 is 1.32 bits per heavy atom. The molecule has 9 heteroatoms. The number of halogens is 1. The van der Waals surface area contributed by atoms with Crippen LogP contribution in [0, 0.1) is 11.7 Å². The highest BCUT2D eigenvalue weighted by Crippen LogP contribution is 2.28. The zero-order valence-electron chi connectivity index (χ0n) is 19.3. The molecule has 1 unspecified atom stereocenters. The van der Waals surface area contributed by atoms with Crippen LogP contribution in [0.3, 0.4) is 0 Å². The molecule has 1 aliphatic carbocycles. The molecule has 2 fully saturated rings. The molecule has 34 heavy (non-hydrogen) atoms. The lowest BCUT2D eigenvalue weighted by atomic mass is 9.83. The van der Waals surface area contributed by atoms with E-state index in [0.29, 0.717) is 13.0 Å². The van der Waals surface area contributed by atoms with Crippen LogP contribution in [0.15, 0.2) is 43.1 Å². The first-order valence-electron chi connectivity index (χ1n) is 11.9. The topological polar surface area (TPSA) is 88.6 Å². The summed E-state index contributed by atoms with van der Waals surface area (Å²) in [4.78, 5) is 22.7. The summed E-state index contributed by atoms with van der Waals surface area (Å²) in [7, 11) is 0. The molecule has 2 aromatic rings. The Kier molecular flexibility index (Phi) is 8.43. The molecule has 182 valence electrons. The van der Waals surface area contributed by atoms with Crippen LogP contribution in [0.25, 0.3) is 0 Å². The summed E-state index contributed by atoms with van der Waals surface area (Å²) in [6.07, 6.45) is 5.76. The summed E-state index contributed by atoms with van der Waals surface area (Å²) >= 11 is 0. The van der Waals surface area contributed by atoms with E-state index in [1.165, 1.54) is 6.08 Å². The monoisotopic (exact) mass is 469 g/mol. The number of carbonyl (C=O) groups is 1. The SMILES string of the molecule is C=CC(=O)C1CCC[C@@H](Nc2nc(Nc3cccc(OCCN4CCOCC4)c3)ncc2F)C1. The van der Waals surface area contributed by atoms with Crippen molar-refractivity contribution in [2.24, 2.45) is 5.92 Å². The molecule has 1 aliphatic heterocycles. The van der Waals surface area contributed by atoms with Gasteiger partial charge in [-0.25, -0.2) is 9.37 Å². The van der Waals surface area contributed by atoms with Gasteiger partial charge < -0.3 is 20.1 Å². The lowest BCUT2D eigenvalue weighted by molar-refractivity contribution is -0.119. The predicted molar refractivity (Wildman–Crippen MR) is 129 cm³/mol. The van der Waals surface area contributed by atoms with Crippen LogP contribution in [0.2, 0.25) is 0 Å². The smallest absolute Gasteiger partial charge is 0.229 e. The Balaban J connectivity index is 1.34. The maximum Gasteiger partial charge on any atom is 0.229 e. The molecule has 2 N–H and O–H groups in total. The van der Waals surface area contributed by atoms with E-state index in [4.69, 9.17) is 9.47 Å². The quantitative estimate of drug-likeness (QED) is 0.508. The molecule has 0 bridgehead atoms. The van der Waals surface area contributed by atoms with E-state index in [1.807, 2.05) is 24.3 Å². The molecule has 1 saturated carbocycles. The van der Waals surface area contributed by atoms with Crippen LogP contribution >= 0.6 is 0 Å². The minimum absolute atomic E-state index is 0.0249. The highest BCUT2D eigenvalue weighted by molar-refractivity contribution is 5.91. The largest absolute Gasteiger partial charge is 0.492 e. The molecule has 1 aromatic carbocycles. The molecule has 0 spiro atoms. The number of allylic oxidation sites excluding steroid dienone is 1. The average Bonchev–Trinajstić information content (AvgIpc) is 2.87. The minimum Gasteiger partial charge on any atom is -0.492 e. The van der Waals surface area contributed by atoms with Crippen LogP contribution in [0.1, 0.15) is 25.7 Å². The number of rotatable bonds is 10. The molecule has 2 atom stereocenters. The summed E-state index contributed by atoms with van der Waals surface area (Å²) in [5, 5.41) is 6.29. The Labute approximate surface area is 199 Å². The van der Waals surface area contributed by atoms with Crippen LogP contribution in [-0.4, -0.2) is 66.1 Å². The third-order valence-electron chi connectivity index (χ3n) is 6.23. The number of morpholine rings is 1. The summed E-state index contributed by atoms with van der Waals surface area (Å²) in [5.74, 6) is 0.596. The van der Waals surface area contributed by atoms with Gasteiger partial charge in [0.05, 0.1) is 19.4 Å². The molecular formula is C25H32FN5O3. The second-order valence-corrected chi connectivity index (χ2v) is 8.66. The maximum absolute atomic E-state index is 14.4. The van der Waals surface area contributed by atoms with Crippen molar-refractivity contribution in [2.75, 3.05) is 50.1 Å². The number of benzene rings is 1. The number of nitrogens with zero attached hydrogens (tertiary/aromatic N) is 3. The van der Waals surface area contributed by atoms with Gasteiger partial charge in [-0.2, -0.15) is 4.98 Å². The average molecular weight is 470 g/mol. The van der Waals surface area contributed by atoms with E-state index in [1.54, 1.807) is 0 Å². The summed E-state index contributed by atoms with van der Waals surface area (Å²) in [6.45, 7) is 8.39. The summed E-state index contributed by atoms with van der Waals surface area (Å²) < 4.78 is 25.7. The van der Waals surface area contributed by atoms with Crippen molar-refractivity contribution in [3.63, 3.8) is 0 Å². The van der Waals surface area contributed by atoms with Crippen LogP contribution in [-0.2, 0) is 9.53 Å². The van der Waals surface area contributed by atoms with Crippen LogP contribution in [0.5, 0.6) is 5.75 Å². The number of hydrogen-bond acceptors (Lipinski definition) is 8. The maximum atomic E-state index is 14.4. The van der Waals surface area contributed by atoms with E-state index in [2.05, 4.69) is 32.1 Å². The number of ether oxygens (including phenoxy) is 2. The van der Waals surface area contributed by atoms with Gasteiger partial charge in [0.1, 0.15) is 12.4 Å². The minimum atomic E-state index is -0.525. The van der Waals surface area contributed by atoms with Crippen LogP contribution < -0.4 is 15.4 Å². The lowest BCUT2D eigenvalue weighted by Crippen LogP contribution is -2.38. The van der Waals surface area contributed by atoms with Gasteiger partial charge in [-0.3, -0.25) is 9.69 Å². The third kappa shape index (κ3) is 6.74. The molecule has 1 saturated heterocycles. The van der Waals surface area contributed by atoms with Gasteiger partial charge in [-0.15, -0.1) is 0 Å². The number of carbonyl (C=O) groups excluding carboxylic acids is 1. The molecule has 8 nitrogen and oxygen atoms in total. The lowest BCUT2D eigenvalue weighted by Gasteiger charge is -2.28. The number of nitrogens with one attached hydrogen (secondary N) is 2. The van der Waals surface area contributed by atoms with Crippen LogP contribution in [0.4, 0.5) is 21.8 Å². The first-order valence-corrected chi connectivity index (χ1v) is 11.9. The van der Waals surface area contributed by atoms with Crippen molar-refractivity contribution in [2.45, 2.75) is 31.7 Å². The van der Waals surface area contributed by atoms with Gasteiger partial charge in [0, 0.05) is 43.3 Å². The number of anilines is 3. The Morgan fingerprint density at radius 3 is 3.00 bits per heavy atom. The Bertz CT molecular complexity index is 983. The van der Waals surface area contributed by atoms with Crippen molar-refractivity contribution in [3.8, 4) is 5.75 Å². The first kappa shape index (κ1) is 24.1. The van der Waals surface area contributed by atoms with Gasteiger partial charge in [0.25, 0.3) is 0 Å².